The summed E-state index contributed by atoms with van der Waals surface area (Å²) >= 11 is 3.18. The van der Waals surface area contributed by atoms with Crippen molar-refractivity contribution in [2.45, 2.75) is 31.8 Å². The Kier molecular flexibility index (Phi) is 7.81. The first-order valence-electron chi connectivity index (χ1n) is 3.66. The van der Waals surface area contributed by atoms with Crippen LogP contribution in [0.1, 0.15) is 25.7 Å². The van der Waals surface area contributed by atoms with Crippen LogP contribution in [0.25, 0.3) is 0 Å². The molecule has 0 heterocycles. The molecule has 2 N–H and O–H groups in total. The number of hydrogen-bond donors (Lipinski definition) is 2. The van der Waals surface area contributed by atoms with Crippen LogP contribution in [0.15, 0.2) is 0 Å². The molecule has 0 aromatic heterocycles. The maximum atomic E-state index is 9.05. The van der Waals surface area contributed by atoms with Gasteiger partial charge in [-0.25, -0.2) is 0 Å². The molecule has 62 valence electrons. The molecule has 0 rings (SSSR count). The molecular weight excluding hydrogens is 196 g/mol. The molecule has 0 saturated carbocycles. The molecule has 2 nitrogen and oxygen atoms in total. The van der Waals surface area contributed by atoms with Gasteiger partial charge in [0.05, 0.1) is 6.10 Å². The first-order chi connectivity index (χ1) is 4.81. The summed E-state index contributed by atoms with van der Waals surface area (Å²) in [5.74, 6) is 0. The molecular formula is C7H15BrO2. The van der Waals surface area contributed by atoms with Crippen molar-refractivity contribution in [1.82, 2.24) is 0 Å². The Hall–Kier alpha value is 0.400. The van der Waals surface area contributed by atoms with E-state index in [1.54, 1.807) is 0 Å². The van der Waals surface area contributed by atoms with E-state index in [2.05, 4.69) is 15.9 Å². The van der Waals surface area contributed by atoms with Gasteiger partial charge in [0.15, 0.2) is 0 Å². The lowest BCUT2D eigenvalue weighted by Gasteiger charge is -2.04. The second-order valence-electron chi connectivity index (χ2n) is 2.38. The Morgan fingerprint density at radius 3 is 2.40 bits per heavy atom. The number of aliphatic hydroxyl groups is 2. The SMILES string of the molecule is OCCCCCC(O)CBr. The van der Waals surface area contributed by atoms with Gasteiger partial charge in [0, 0.05) is 11.9 Å². The van der Waals surface area contributed by atoms with Gasteiger partial charge in [0.25, 0.3) is 0 Å². The lowest BCUT2D eigenvalue weighted by atomic mass is 10.1. The van der Waals surface area contributed by atoms with E-state index in [9.17, 15) is 0 Å². The third kappa shape index (κ3) is 6.52. The predicted octanol–water partition coefficient (Wildman–Crippen LogP) is 1.29. The zero-order valence-electron chi connectivity index (χ0n) is 6.09. The van der Waals surface area contributed by atoms with Gasteiger partial charge in [-0.3, -0.25) is 0 Å². The molecule has 0 aromatic rings. The smallest absolute Gasteiger partial charge is 0.0637 e. The fourth-order valence-corrected chi connectivity index (χ4v) is 1.07. The lowest BCUT2D eigenvalue weighted by molar-refractivity contribution is 0.184. The van der Waals surface area contributed by atoms with Gasteiger partial charge in [0.1, 0.15) is 0 Å². The van der Waals surface area contributed by atoms with Crippen LogP contribution in [0.3, 0.4) is 0 Å². The second-order valence-corrected chi connectivity index (χ2v) is 3.03. The summed E-state index contributed by atoms with van der Waals surface area (Å²) in [7, 11) is 0. The number of unbranched alkanes of at least 4 members (excludes halogenated alkanes) is 2. The first-order valence-corrected chi connectivity index (χ1v) is 4.78. The summed E-state index contributed by atoms with van der Waals surface area (Å²) in [4.78, 5) is 0. The highest BCUT2D eigenvalue weighted by Crippen LogP contribution is 2.04. The summed E-state index contributed by atoms with van der Waals surface area (Å²) in [6, 6.07) is 0. The van der Waals surface area contributed by atoms with E-state index in [-0.39, 0.29) is 12.7 Å². The van der Waals surface area contributed by atoms with Gasteiger partial charge >= 0.3 is 0 Å². The minimum Gasteiger partial charge on any atom is -0.396 e. The largest absolute Gasteiger partial charge is 0.396 e. The molecule has 3 heteroatoms. The predicted molar refractivity (Wildman–Crippen MR) is 45.4 cm³/mol. The van der Waals surface area contributed by atoms with E-state index in [1.807, 2.05) is 0 Å². The molecule has 0 saturated heterocycles. The summed E-state index contributed by atoms with van der Waals surface area (Å²) in [5.41, 5.74) is 0. The topological polar surface area (TPSA) is 40.5 Å². The van der Waals surface area contributed by atoms with Crippen LogP contribution in [0.4, 0.5) is 0 Å². The number of halogens is 1. The quantitative estimate of drug-likeness (QED) is 0.513. The highest BCUT2D eigenvalue weighted by molar-refractivity contribution is 9.09. The Balaban J connectivity index is 2.89. The second kappa shape index (κ2) is 7.51. The van der Waals surface area contributed by atoms with E-state index in [0.717, 1.165) is 25.7 Å². The van der Waals surface area contributed by atoms with Crippen LogP contribution >= 0.6 is 15.9 Å². The number of rotatable bonds is 6. The van der Waals surface area contributed by atoms with Crippen molar-refractivity contribution in [2.24, 2.45) is 0 Å². The summed E-state index contributed by atoms with van der Waals surface area (Å²) < 4.78 is 0. The van der Waals surface area contributed by atoms with E-state index >= 15 is 0 Å². The van der Waals surface area contributed by atoms with Gasteiger partial charge in [0.2, 0.25) is 0 Å². The normalized spacial score (nSPS) is 13.5. The third-order valence-corrected chi connectivity index (χ3v) is 2.12. The Morgan fingerprint density at radius 2 is 1.90 bits per heavy atom. The van der Waals surface area contributed by atoms with Crippen molar-refractivity contribution >= 4 is 15.9 Å². The summed E-state index contributed by atoms with van der Waals surface area (Å²) in [5, 5.41) is 18.1. The highest BCUT2D eigenvalue weighted by Gasteiger charge is 1.99. The zero-order chi connectivity index (χ0) is 7.82. The van der Waals surface area contributed by atoms with Gasteiger partial charge < -0.3 is 10.2 Å². The van der Waals surface area contributed by atoms with E-state index in [4.69, 9.17) is 10.2 Å². The Bertz CT molecular complexity index is 68.6. The molecule has 1 atom stereocenters. The van der Waals surface area contributed by atoms with Crippen molar-refractivity contribution in [3.05, 3.63) is 0 Å². The fraction of sp³-hybridized carbons (Fsp3) is 1.00. The maximum absolute atomic E-state index is 9.05. The van der Waals surface area contributed by atoms with E-state index in [0.29, 0.717) is 5.33 Å². The molecule has 1 unspecified atom stereocenters. The molecule has 0 spiro atoms. The number of alkyl halides is 1. The molecule has 10 heavy (non-hydrogen) atoms. The van der Waals surface area contributed by atoms with Crippen LogP contribution in [-0.4, -0.2) is 28.3 Å². The van der Waals surface area contributed by atoms with Gasteiger partial charge in [-0.05, 0) is 12.8 Å². The monoisotopic (exact) mass is 210 g/mol. The van der Waals surface area contributed by atoms with Gasteiger partial charge in [-0.15, -0.1) is 0 Å². The Labute approximate surface area is 70.4 Å². The average molecular weight is 211 g/mol. The zero-order valence-corrected chi connectivity index (χ0v) is 7.68. The number of aliphatic hydroxyl groups excluding tert-OH is 2. The fourth-order valence-electron chi connectivity index (χ4n) is 0.746. The van der Waals surface area contributed by atoms with Crippen molar-refractivity contribution < 1.29 is 10.2 Å². The average Bonchev–Trinajstić information content (AvgIpc) is 1.98. The minimum absolute atomic E-state index is 0.210. The summed E-state index contributed by atoms with van der Waals surface area (Å²) in [6.07, 6.45) is 3.51. The maximum Gasteiger partial charge on any atom is 0.0637 e. The van der Waals surface area contributed by atoms with Crippen LogP contribution in [0.2, 0.25) is 0 Å². The van der Waals surface area contributed by atoms with Crippen molar-refractivity contribution in [3.63, 3.8) is 0 Å². The molecule has 0 radical (unpaired) electrons. The molecule has 0 bridgehead atoms. The third-order valence-electron chi connectivity index (χ3n) is 1.37. The van der Waals surface area contributed by atoms with Gasteiger partial charge in [-0.1, -0.05) is 28.8 Å². The van der Waals surface area contributed by atoms with Crippen LogP contribution < -0.4 is 0 Å². The molecule has 0 amide bonds. The van der Waals surface area contributed by atoms with Crippen molar-refractivity contribution in [1.29, 1.82) is 0 Å². The highest BCUT2D eigenvalue weighted by atomic mass is 79.9. The van der Waals surface area contributed by atoms with Crippen LogP contribution in [0.5, 0.6) is 0 Å². The van der Waals surface area contributed by atoms with E-state index < -0.39 is 0 Å². The molecule has 0 aliphatic heterocycles. The lowest BCUT2D eigenvalue weighted by Crippen LogP contribution is -2.06. The van der Waals surface area contributed by atoms with Crippen molar-refractivity contribution in [2.75, 3.05) is 11.9 Å². The van der Waals surface area contributed by atoms with Crippen molar-refractivity contribution in [3.8, 4) is 0 Å². The van der Waals surface area contributed by atoms with Crippen LogP contribution in [0, 0.1) is 0 Å². The molecule has 0 aromatic carbocycles. The van der Waals surface area contributed by atoms with E-state index in [1.165, 1.54) is 0 Å². The summed E-state index contributed by atoms with van der Waals surface area (Å²) in [6.45, 7) is 0.268. The standard InChI is InChI=1S/C7H15BrO2/c8-6-7(10)4-2-1-3-5-9/h7,9-10H,1-6H2. The molecule has 0 fully saturated rings. The van der Waals surface area contributed by atoms with Gasteiger partial charge in [-0.2, -0.15) is 0 Å². The molecule has 0 aliphatic rings. The minimum atomic E-state index is -0.210. The first kappa shape index (κ1) is 10.4. The Morgan fingerprint density at radius 1 is 1.20 bits per heavy atom. The number of hydrogen-bond acceptors (Lipinski definition) is 2. The van der Waals surface area contributed by atoms with Crippen LogP contribution in [-0.2, 0) is 0 Å². The molecule has 0 aliphatic carbocycles.